The van der Waals surface area contributed by atoms with Crippen molar-refractivity contribution >= 4 is 5.57 Å². The molecule has 0 aromatic heterocycles. The van der Waals surface area contributed by atoms with E-state index in [1.54, 1.807) is 6.07 Å². The summed E-state index contributed by atoms with van der Waals surface area (Å²) in [7, 11) is 4.23. The van der Waals surface area contributed by atoms with E-state index >= 15 is 0 Å². The number of likely N-dealkylation sites (N-methyl/N-ethyl adjacent to an activating group) is 1. The van der Waals surface area contributed by atoms with Gasteiger partial charge in [0.15, 0.2) is 0 Å². The van der Waals surface area contributed by atoms with Crippen LogP contribution in [0, 0.1) is 0 Å². The molecule has 3 rings (SSSR count). The summed E-state index contributed by atoms with van der Waals surface area (Å²) in [6.07, 6.45) is 2.06. The zero-order chi connectivity index (χ0) is 14.8. The van der Waals surface area contributed by atoms with Crippen molar-refractivity contribution in [2.24, 2.45) is 0 Å². The fraction of sp³-hybridized carbons (Fsp3) is 0.263. The van der Waals surface area contributed by atoms with Crippen molar-refractivity contribution in [3.8, 4) is 5.75 Å². The molecule has 0 aliphatic heterocycles. The van der Waals surface area contributed by atoms with Gasteiger partial charge in [0, 0.05) is 6.54 Å². The van der Waals surface area contributed by atoms with Gasteiger partial charge in [-0.15, -0.1) is 0 Å². The highest BCUT2D eigenvalue weighted by Crippen LogP contribution is 2.37. The van der Waals surface area contributed by atoms with Gasteiger partial charge in [-0.25, -0.2) is 0 Å². The average molecular weight is 279 g/mol. The number of aromatic hydroxyl groups is 1. The fourth-order valence-corrected chi connectivity index (χ4v) is 3.14. The highest BCUT2D eigenvalue weighted by molar-refractivity contribution is 5.85. The molecule has 2 aromatic rings. The summed E-state index contributed by atoms with van der Waals surface area (Å²) < 4.78 is 0. The Balaban J connectivity index is 2.17. The van der Waals surface area contributed by atoms with Gasteiger partial charge in [-0.2, -0.15) is 0 Å². The molecule has 0 fully saturated rings. The first-order valence-electron chi connectivity index (χ1n) is 7.39. The zero-order valence-electron chi connectivity index (χ0n) is 12.6. The topological polar surface area (TPSA) is 23.5 Å². The molecule has 0 spiro atoms. The highest BCUT2D eigenvalue weighted by atomic mass is 16.3. The second kappa shape index (κ2) is 5.74. The Bertz CT molecular complexity index is 671. The molecule has 0 unspecified atom stereocenters. The standard InChI is InChI=1S/C19H21NO/c1-20(2)13-16-9-8-15-12-17(21)10-11-18(15)19(16)14-6-4-3-5-7-14/h3-7,10-12,21H,8-9,13H2,1-2H3. The smallest absolute Gasteiger partial charge is 0.115 e. The summed E-state index contributed by atoms with van der Waals surface area (Å²) in [5.41, 5.74) is 6.59. The maximum Gasteiger partial charge on any atom is 0.115 e. The quantitative estimate of drug-likeness (QED) is 0.926. The number of fused-ring (bicyclic) bond motifs is 1. The van der Waals surface area contributed by atoms with E-state index in [0.717, 1.165) is 19.4 Å². The molecule has 0 bridgehead atoms. The van der Waals surface area contributed by atoms with E-state index in [9.17, 15) is 5.11 Å². The predicted octanol–water partition coefficient (Wildman–Crippen LogP) is 3.70. The second-order valence-corrected chi connectivity index (χ2v) is 5.92. The highest BCUT2D eigenvalue weighted by Gasteiger charge is 2.20. The maximum absolute atomic E-state index is 9.73. The molecular formula is C19H21NO. The van der Waals surface area contributed by atoms with Crippen molar-refractivity contribution in [1.29, 1.82) is 0 Å². The van der Waals surface area contributed by atoms with E-state index in [4.69, 9.17) is 0 Å². The Morgan fingerprint density at radius 1 is 1.00 bits per heavy atom. The number of benzene rings is 2. The molecule has 21 heavy (non-hydrogen) atoms. The SMILES string of the molecule is CN(C)CC1=C(c2ccccc2)c2ccc(O)cc2CC1. The van der Waals surface area contributed by atoms with Gasteiger partial charge in [0.1, 0.15) is 5.75 Å². The minimum atomic E-state index is 0.359. The summed E-state index contributed by atoms with van der Waals surface area (Å²) in [5.74, 6) is 0.359. The Labute approximate surface area is 126 Å². The summed E-state index contributed by atoms with van der Waals surface area (Å²) >= 11 is 0. The van der Waals surface area contributed by atoms with Gasteiger partial charge in [-0.05, 0) is 66.9 Å². The minimum Gasteiger partial charge on any atom is -0.508 e. The van der Waals surface area contributed by atoms with Gasteiger partial charge in [-0.3, -0.25) is 0 Å². The van der Waals surface area contributed by atoms with Gasteiger partial charge in [0.2, 0.25) is 0 Å². The van der Waals surface area contributed by atoms with Crippen LogP contribution in [-0.2, 0) is 6.42 Å². The molecule has 2 nitrogen and oxygen atoms in total. The number of hydrogen-bond donors (Lipinski definition) is 1. The first-order valence-corrected chi connectivity index (χ1v) is 7.39. The molecule has 1 aliphatic rings. The third kappa shape index (κ3) is 2.86. The molecule has 0 saturated carbocycles. The van der Waals surface area contributed by atoms with E-state index in [-0.39, 0.29) is 0 Å². The lowest BCUT2D eigenvalue weighted by Crippen LogP contribution is -2.19. The van der Waals surface area contributed by atoms with Crippen LogP contribution >= 0.6 is 0 Å². The molecule has 0 heterocycles. The molecule has 0 amide bonds. The molecular weight excluding hydrogens is 258 g/mol. The Kier molecular flexibility index (Phi) is 3.80. The number of phenolic OH excluding ortho intramolecular Hbond substituents is 1. The van der Waals surface area contributed by atoms with Crippen LogP contribution in [0.2, 0.25) is 0 Å². The number of phenols is 1. The van der Waals surface area contributed by atoms with E-state index in [1.807, 2.05) is 6.07 Å². The van der Waals surface area contributed by atoms with Crippen LogP contribution in [0.4, 0.5) is 0 Å². The monoisotopic (exact) mass is 279 g/mol. The summed E-state index contributed by atoms with van der Waals surface area (Å²) in [6, 6.07) is 16.3. The molecule has 1 N–H and O–H groups in total. The number of hydrogen-bond acceptors (Lipinski definition) is 2. The lowest BCUT2D eigenvalue weighted by atomic mass is 9.82. The lowest BCUT2D eigenvalue weighted by molar-refractivity contribution is 0.439. The van der Waals surface area contributed by atoms with E-state index in [1.165, 1.54) is 27.8 Å². The van der Waals surface area contributed by atoms with Gasteiger partial charge >= 0.3 is 0 Å². The average Bonchev–Trinajstić information content (AvgIpc) is 2.47. The molecule has 0 saturated heterocycles. The van der Waals surface area contributed by atoms with E-state index in [0.29, 0.717) is 5.75 Å². The largest absolute Gasteiger partial charge is 0.508 e. The van der Waals surface area contributed by atoms with Crippen LogP contribution in [-0.4, -0.2) is 30.6 Å². The maximum atomic E-state index is 9.73. The molecule has 108 valence electrons. The third-order valence-corrected chi connectivity index (χ3v) is 3.98. The fourth-order valence-electron chi connectivity index (χ4n) is 3.14. The predicted molar refractivity (Wildman–Crippen MR) is 87.4 cm³/mol. The molecule has 0 radical (unpaired) electrons. The number of aryl methyl sites for hydroxylation is 1. The van der Waals surface area contributed by atoms with E-state index < -0.39 is 0 Å². The van der Waals surface area contributed by atoms with Crippen molar-refractivity contribution in [3.05, 3.63) is 70.8 Å². The first-order chi connectivity index (χ1) is 10.1. The van der Waals surface area contributed by atoms with Crippen molar-refractivity contribution in [2.75, 3.05) is 20.6 Å². The summed E-state index contributed by atoms with van der Waals surface area (Å²) in [6.45, 7) is 0.977. The minimum absolute atomic E-state index is 0.359. The number of nitrogens with zero attached hydrogens (tertiary/aromatic N) is 1. The number of rotatable bonds is 3. The van der Waals surface area contributed by atoms with E-state index in [2.05, 4.69) is 55.4 Å². The van der Waals surface area contributed by atoms with Crippen molar-refractivity contribution < 1.29 is 5.11 Å². The molecule has 0 atom stereocenters. The van der Waals surface area contributed by atoms with Gasteiger partial charge in [0.05, 0.1) is 0 Å². The molecule has 2 aromatic carbocycles. The zero-order valence-corrected chi connectivity index (χ0v) is 12.6. The molecule has 1 aliphatic carbocycles. The van der Waals surface area contributed by atoms with Crippen LogP contribution in [0.1, 0.15) is 23.1 Å². The Hall–Kier alpha value is -2.06. The van der Waals surface area contributed by atoms with Gasteiger partial charge in [-0.1, -0.05) is 36.4 Å². The van der Waals surface area contributed by atoms with Crippen LogP contribution < -0.4 is 0 Å². The Morgan fingerprint density at radius 2 is 1.76 bits per heavy atom. The van der Waals surface area contributed by atoms with Crippen LogP contribution in [0.3, 0.4) is 0 Å². The van der Waals surface area contributed by atoms with Crippen molar-refractivity contribution in [2.45, 2.75) is 12.8 Å². The summed E-state index contributed by atoms with van der Waals surface area (Å²) in [4.78, 5) is 2.23. The normalized spacial score (nSPS) is 14.4. The van der Waals surface area contributed by atoms with Crippen molar-refractivity contribution in [1.82, 2.24) is 4.90 Å². The van der Waals surface area contributed by atoms with Crippen LogP contribution in [0.5, 0.6) is 5.75 Å². The third-order valence-electron chi connectivity index (χ3n) is 3.98. The summed E-state index contributed by atoms with van der Waals surface area (Å²) in [5, 5.41) is 9.73. The lowest BCUT2D eigenvalue weighted by Gasteiger charge is -2.26. The van der Waals surface area contributed by atoms with Gasteiger partial charge in [0.25, 0.3) is 0 Å². The Morgan fingerprint density at radius 3 is 2.48 bits per heavy atom. The second-order valence-electron chi connectivity index (χ2n) is 5.92. The first kappa shape index (κ1) is 13.9. The van der Waals surface area contributed by atoms with Gasteiger partial charge < -0.3 is 10.0 Å². The van der Waals surface area contributed by atoms with Crippen molar-refractivity contribution in [3.63, 3.8) is 0 Å². The molecule has 2 heteroatoms. The van der Waals surface area contributed by atoms with Crippen LogP contribution in [0.15, 0.2) is 54.1 Å². The van der Waals surface area contributed by atoms with Crippen LogP contribution in [0.25, 0.3) is 5.57 Å².